The first-order valence-corrected chi connectivity index (χ1v) is 4.69. The second-order valence-electron chi connectivity index (χ2n) is 3.64. The van der Waals surface area contributed by atoms with Crippen molar-refractivity contribution in [1.29, 1.82) is 0 Å². The maximum absolute atomic E-state index is 2.20. The van der Waals surface area contributed by atoms with E-state index in [1.165, 1.54) is 16.3 Å². The predicted octanol–water partition coefficient (Wildman–Crippen LogP) is 2.71. The summed E-state index contributed by atoms with van der Waals surface area (Å²) in [7, 11) is 2.04. The van der Waals surface area contributed by atoms with Crippen molar-refractivity contribution in [3.05, 3.63) is 49.1 Å². The third-order valence-corrected chi connectivity index (χ3v) is 2.52. The van der Waals surface area contributed by atoms with Gasteiger partial charge in [0.15, 0.2) is 11.8 Å². The summed E-state index contributed by atoms with van der Waals surface area (Å²) in [6, 6.07) is 10.6. The van der Waals surface area contributed by atoms with Crippen molar-refractivity contribution in [3.8, 4) is 0 Å². The summed E-state index contributed by atoms with van der Waals surface area (Å²) in [5, 5.41) is 2.56. The van der Waals surface area contributed by atoms with Crippen molar-refractivity contribution in [1.82, 2.24) is 8.97 Å². The average Bonchev–Trinajstić information content (AvgIpc) is 2.53. The Labute approximate surface area is 102 Å². The van der Waals surface area contributed by atoms with Gasteiger partial charge in [0.2, 0.25) is 0 Å². The standard InChI is InChI=1S/C12H11N2.Ir/c1-13-8-12-6-10-4-2-3-5-11(10)7-14(12)9-13;/h2-9H,1H3;/q+1;. The Balaban J connectivity index is 0.000000853. The number of fused-ring (bicyclic) bond motifs is 2. The summed E-state index contributed by atoms with van der Waals surface area (Å²) in [5.74, 6) is 0. The van der Waals surface area contributed by atoms with E-state index in [1.54, 1.807) is 0 Å². The molecule has 77 valence electrons. The van der Waals surface area contributed by atoms with Gasteiger partial charge >= 0.3 is 0 Å². The number of hydrogen-bond donors (Lipinski definition) is 0. The van der Waals surface area contributed by atoms with E-state index < -0.39 is 0 Å². The SMILES string of the molecule is Cn1cc2cc3ccccc3cn2[cH+]1.[Ir]. The Bertz CT molecular complexity index is 561. The van der Waals surface area contributed by atoms with Crippen LogP contribution in [0.2, 0.25) is 0 Å². The van der Waals surface area contributed by atoms with Gasteiger partial charge in [0.05, 0.1) is 6.20 Å². The third kappa shape index (κ3) is 1.69. The number of aryl methyl sites for hydroxylation is 1. The molecule has 1 aromatic carbocycles. The van der Waals surface area contributed by atoms with Crippen LogP contribution in [-0.2, 0) is 27.2 Å². The molecule has 0 amide bonds. The van der Waals surface area contributed by atoms with Gasteiger partial charge in [-0.3, -0.25) is 4.57 Å². The molecular formula is C12H11IrN2+. The molecule has 3 aromatic rings. The first-order valence-electron chi connectivity index (χ1n) is 4.69. The van der Waals surface area contributed by atoms with Crippen molar-refractivity contribution >= 4 is 16.3 Å². The molecule has 1 radical (unpaired) electrons. The van der Waals surface area contributed by atoms with Crippen LogP contribution < -0.4 is 0 Å². The van der Waals surface area contributed by atoms with Gasteiger partial charge in [0.25, 0.3) is 0 Å². The number of imidazole rings is 1. The van der Waals surface area contributed by atoms with Gasteiger partial charge in [-0.2, -0.15) is 4.40 Å². The van der Waals surface area contributed by atoms with Gasteiger partial charge in [-0.15, -0.1) is 0 Å². The maximum Gasteiger partial charge on any atom is 0.183 e. The number of pyridine rings is 1. The summed E-state index contributed by atoms with van der Waals surface area (Å²) >= 11 is 0. The fraction of sp³-hybridized carbons (Fsp3) is 0.0833. The van der Waals surface area contributed by atoms with Gasteiger partial charge in [0.1, 0.15) is 6.20 Å². The van der Waals surface area contributed by atoms with Gasteiger partial charge < -0.3 is 0 Å². The van der Waals surface area contributed by atoms with Crippen molar-refractivity contribution in [2.45, 2.75) is 0 Å². The Morgan fingerprint density at radius 3 is 2.60 bits per heavy atom. The van der Waals surface area contributed by atoms with Crippen LogP contribution in [0.15, 0.2) is 49.1 Å². The van der Waals surface area contributed by atoms with E-state index >= 15 is 0 Å². The molecule has 2 aromatic heterocycles. The number of benzene rings is 1. The molecule has 15 heavy (non-hydrogen) atoms. The van der Waals surface area contributed by atoms with Crippen molar-refractivity contribution < 1.29 is 20.1 Å². The predicted molar refractivity (Wildman–Crippen MR) is 58.3 cm³/mol. The maximum atomic E-state index is 2.20. The minimum absolute atomic E-state index is 0. The van der Waals surface area contributed by atoms with E-state index in [1.807, 2.05) is 7.05 Å². The van der Waals surface area contributed by atoms with E-state index in [0.29, 0.717) is 0 Å². The van der Waals surface area contributed by atoms with E-state index in [9.17, 15) is 0 Å². The molecule has 0 spiro atoms. The zero-order valence-electron chi connectivity index (χ0n) is 8.35. The fourth-order valence-corrected chi connectivity index (χ4v) is 1.86. The summed E-state index contributed by atoms with van der Waals surface area (Å²) in [6.45, 7) is 0. The summed E-state index contributed by atoms with van der Waals surface area (Å²) in [4.78, 5) is 0. The Morgan fingerprint density at radius 1 is 1.07 bits per heavy atom. The van der Waals surface area contributed by atoms with E-state index in [2.05, 4.69) is 58.0 Å². The van der Waals surface area contributed by atoms with E-state index in [4.69, 9.17) is 0 Å². The van der Waals surface area contributed by atoms with Gasteiger partial charge in [-0.1, -0.05) is 18.2 Å². The molecule has 0 atom stereocenters. The Kier molecular flexibility index (Phi) is 2.59. The van der Waals surface area contributed by atoms with E-state index in [0.717, 1.165) is 0 Å². The molecule has 0 bridgehead atoms. The van der Waals surface area contributed by atoms with Gasteiger partial charge in [-0.05, 0) is 6.07 Å². The molecule has 0 aliphatic heterocycles. The first kappa shape index (κ1) is 10.3. The largest absolute Gasteiger partial charge is 0.254 e. The molecule has 0 saturated heterocycles. The summed E-state index contributed by atoms with van der Waals surface area (Å²) in [5.41, 5.74) is 1.23. The Hall–Kier alpha value is -1.18. The van der Waals surface area contributed by atoms with Crippen LogP contribution in [0.25, 0.3) is 16.3 Å². The molecule has 2 nitrogen and oxygen atoms in total. The molecule has 0 N–H and O–H groups in total. The quantitative estimate of drug-likeness (QED) is 0.535. The van der Waals surface area contributed by atoms with Crippen molar-refractivity contribution in [2.24, 2.45) is 7.05 Å². The van der Waals surface area contributed by atoms with Gasteiger partial charge in [0, 0.05) is 44.0 Å². The smallest absolute Gasteiger partial charge is 0.183 e. The minimum Gasteiger partial charge on any atom is -0.254 e. The average molecular weight is 375 g/mol. The molecule has 0 saturated carbocycles. The molecule has 0 aliphatic carbocycles. The molecule has 0 aliphatic rings. The van der Waals surface area contributed by atoms with Crippen molar-refractivity contribution in [3.63, 3.8) is 0 Å². The zero-order valence-corrected chi connectivity index (χ0v) is 10.7. The number of hydrogen-bond acceptors (Lipinski definition) is 0. The van der Waals surface area contributed by atoms with E-state index in [-0.39, 0.29) is 20.1 Å². The first-order chi connectivity index (χ1) is 6.83. The van der Waals surface area contributed by atoms with Crippen LogP contribution in [0.5, 0.6) is 0 Å². The molecular weight excluding hydrogens is 364 g/mol. The van der Waals surface area contributed by atoms with Crippen LogP contribution in [0, 0.1) is 0 Å². The zero-order chi connectivity index (χ0) is 9.54. The van der Waals surface area contributed by atoms with Crippen LogP contribution in [0.1, 0.15) is 0 Å². The molecule has 3 heteroatoms. The number of aromatic nitrogens is 2. The minimum atomic E-state index is 0. The monoisotopic (exact) mass is 376 g/mol. The van der Waals surface area contributed by atoms with Crippen molar-refractivity contribution in [2.75, 3.05) is 0 Å². The molecule has 0 fully saturated rings. The number of nitrogens with zero attached hydrogens (tertiary/aromatic N) is 2. The Morgan fingerprint density at radius 2 is 1.80 bits per heavy atom. The fourth-order valence-electron chi connectivity index (χ4n) is 1.86. The second-order valence-corrected chi connectivity index (χ2v) is 3.64. The number of rotatable bonds is 0. The molecule has 3 rings (SSSR count). The van der Waals surface area contributed by atoms with Gasteiger partial charge in [-0.25, -0.2) is 0 Å². The van der Waals surface area contributed by atoms with Crippen LogP contribution in [-0.4, -0.2) is 8.97 Å². The summed E-state index contributed by atoms with van der Waals surface area (Å²) in [6.07, 6.45) is 6.35. The topological polar surface area (TPSA) is 9.34 Å². The second kappa shape index (κ2) is 3.76. The van der Waals surface area contributed by atoms with Crippen LogP contribution in [0.4, 0.5) is 0 Å². The third-order valence-electron chi connectivity index (χ3n) is 2.52. The molecule has 2 heterocycles. The van der Waals surface area contributed by atoms with Crippen LogP contribution in [0.3, 0.4) is 0 Å². The normalized spacial score (nSPS) is 10.5. The van der Waals surface area contributed by atoms with Crippen LogP contribution >= 0.6 is 0 Å². The summed E-state index contributed by atoms with van der Waals surface area (Å²) < 4.78 is 4.20. The molecule has 0 unspecified atom stereocenters.